The minimum atomic E-state index is -0.666. The fourth-order valence-electron chi connectivity index (χ4n) is 2.40. The molecule has 0 N–H and O–H groups in total. The van der Waals surface area contributed by atoms with Crippen molar-refractivity contribution >= 4 is 22.6 Å². The van der Waals surface area contributed by atoms with Crippen molar-refractivity contribution in [2.75, 3.05) is 13.2 Å². The van der Waals surface area contributed by atoms with Crippen LogP contribution in [0.1, 0.15) is 31.0 Å². The summed E-state index contributed by atoms with van der Waals surface area (Å²) in [6.07, 6.45) is 2.46. The van der Waals surface area contributed by atoms with Gasteiger partial charge in [0, 0.05) is 19.2 Å². The van der Waals surface area contributed by atoms with E-state index in [1.165, 1.54) is 18.9 Å². The van der Waals surface area contributed by atoms with Crippen LogP contribution < -0.4 is 0 Å². The Morgan fingerprint density at radius 1 is 1.43 bits per heavy atom. The Balaban J connectivity index is 1.87. The Morgan fingerprint density at radius 3 is 2.86 bits per heavy atom. The first kappa shape index (κ1) is 14.7. The molecule has 3 nitrogen and oxygen atoms in total. The molecule has 0 radical (unpaired) electrons. The van der Waals surface area contributed by atoms with Crippen molar-refractivity contribution in [2.24, 2.45) is 5.92 Å². The highest BCUT2D eigenvalue weighted by Crippen LogP contribution is 2.29. The fourth-order valence-corrected chi connectivity index (χ4v) is 2.56. The van der Waals surface area contributed by atoms with Gasteiger partial charge in [-0.05, 0) is 31.7 Å². The summed E-state index contributed by atoms with van der Waals surface area (Å²) in [5, 5.41) is -0.386. The van der Waals surface area contributed by atoms with Crippen LogP contribution in [0.2, 0.25) is 0 Å². The van der Waals surface area contributed by atoms with E-state index in [1.54, 1.807) is 11.5 Å². The first-order valence-corrected chi connectivity index (χ1v) is 7.57. The summed E-state index contributed by atoms with van der Waals surface area (Å²) in [7, 11) is 0. The first-order valence-electron chi connectivity index (χ1n) is 7.13. The van der Waals surface area contributed by atoms with Crippen LogP contribution in [0, 0.1) is 17.6 Å². The van der Waals surface area contributed by atoms with E-state index in [9.17, 15) is 8.78 Å². The quantitative estimate of drug-likeness (QED) is 0.594. The largest absolute Gasteiger partial charge is 0.379 e. The summed E-state index contributed by atoms with van der Waals surface area (Å²) in [5.41, 5.74) is 0.575. The molecule has 0 amide bonds. The lowest BCUT2D eigenvalue weighted by Crippen LogP contribution is -2.11. The van der Waals surface area contributed by atoms with Gasteiger partial charge in [0.1, 0.15) is 17.2 Å². The molecule has 1 unspecified atom stereocenters. The Morgan fingerprint density at radius 2 is 2.19 bits per heavy atom. The summed E-state index contributed by atoms with van der Waals surface area (Å²) >= 11 is 6.10. The maximum absolute atomic E-state index is 13.8. The molecule has 6 heteroatoms. The minimum Gasteiger partial charge on any atom is -0.379 e. The topological polar surface area (TPSA) is 27.1 Å². The average molecular weight is 315 g/mol. The third-order valence-corrected chi connectivity index (χ3v) is 3.86. The monoisotopic (exact) mass is 314 g/mol. The predicted octanol–water partition coefficient (Wildman–Crippen LogP) is 4.04. The van der Waals surface area contributed by atoms with Crippen LogP contribution in [0.5, 0.6) is 0 Å². The molecule has 114 valence electrons. The molecule has 1 heterocycles. The molecule has 0 aliphatic heterocycles. The molecule has 1 atom stereocenters. The maximum atomic E-state index is 13.8. The summed E-state index contributed by atoms with van der Waals surface area (Å²) in [4.78, 5) is 4.21. The van der Waals surface area contributed by atoms with E-state index in [0.29, 0.717) is 30.4 Å². The standard InChI is InChI=1S/C15H17ClF2N2O/c1-9(16)15-19-14-12(18)6-11(17)7-13(14)20(15)4-5-21-8-10-2-3-10/h6-7,9-10H,2-5,8H2,1H3. The van der Waals surface area contributed by atoms with Crippen molar-refractivity contribution in [3.63, 3.8) is 0 Å². The number of nitrogens with zero attached hydrogens (tertiary/aromatic N) is 2. The number of ether oxygens (including phenoxy) is 1. The van der Waals surface area contributed by atoms with Gasteiger partial charge in [0.25, 0.3) is 0 Å². The highest BCUT2D eigenvalue weighted by molar-refractivity contribution is 6.20. The van der Waals surface area contributed by atoms with Crippen molar-refractivity contribution < 1.29 is 13.5 Å². The van der Waals surface area contributed by atoms with Crippen molar-refractivity contribution in [3.8, 4) is 0 Å². The number of alkyl halides is 1. The number of rotatable bonds is 6. The van der Waals surface area contributed by atoms with Gasteiger partial charge in [-0.25, -0.2) is 13.8 Å². The molecule has 0 spiro atoms. The van der Waals surface area contributed by atoms with Gasteiger partial charge in [-0.1, -0.05) is 0 Å². The lowest BCUT2D eigenvalue weighted by Gasteiger charge is -2.11. The number of imidazole rings is 1. The number of benzene rings is 1. The Hall–Kier alpha value is -1.20. The van der Waals surface area contributed by atoms with Gasteiger partial charge in [-0.15, -0.1) is 11.6 Å². The molecule has 1 aromatic heterocycles. The first-order chi connectivity index (χ1) is 10.1. The molecule has 1 aliphatic rings. The number of hydrogen-bond donors (Lipinski definition) is 0. The van der Waals surface area contributed by atoms with E-state index < -0.39 is 11.6 Å². The highest BCUT2D eigenvalue weighted by atomic mass is 35.5. The predicted molar refractivity (Wildman–Crippen MR) is 77.5 cm³/mol. The molecular weight excluding hydrogens is 298 g/mol. The summed E-state index contributed by atoms with van der Waals surface area (Å²) in [5.74, 6) is -0.0629. The smallest absolute Gasteiger partial charge is 0.153 e. The average Bonchev–Trinajstić information content (AvgIpc) is 3.16. The van der Waals surface area contributed by atoms with E-state index in [2.05, 4.69) is 4.98 Å². The second-order valence-electron chi connectivity index (χ2n) is 5.51. The second kappa shape index (κ2) is 5.89. The molecule has 1 saturated carbocycles. The second-order valence-corrected chi connectivity index (χ2v) is 6.17. The highest BCUT2D eigenvalue weighted by Gasteiger charge is 2.22. The van der Waals surface area contributed by atoms with E-state index in [1.807, 2.05) is 0 Å². The number of halogens is 3. The third-order valence-electron chi connectivity index (χ3n) is 3.67. The van der Waals surface area contributed by atoms with Gasteiger partial charge in [-0.3, -0.25) is 0 Å². The number of aromatic nitrogens is 2. The lowest BCUT2D eigenvalue weighted by molar-refractivity contribution is 0.117. The van der Waals surface area contributed by atoms with E-state index in [0.717, 1.165) is 12.7 Å². The molecular formula is C15H17ClF2N2O. The van der Waals surface area contributed by atoms with Crippen LogP contribution in [0.3, 0.4) is 0 Å². The van der Waals surface area contributed by atoms with Crippen molar-refractivity contribution in [3.05, 3.63) is 29.6 Å². The number of fused-ring (bicyclic) bond motifs is 1. The van der Waals surface area contributed by atoms with Gasteiger partial charge in [0.05, 0.1) is 17.5 Å². The van der Waals surface area contributed by atoms with Crippen molar-refractivity contribution in [1.29, 1.82) is 0 Å². The molecule has 21 heavy (non-hydrogen) atoms. The van der Waals surface area contributed by atoms with Crippen LogP contribution >= 0.6 is 11.6 Å². The summed E-state index contributed by atoms with van der Waals surface area (Å²) in [6, 6.07) is 2.13. The Labute approximate surface area is 126 Å². The molecule has 2 aromatic rings. The van der Waals surface area contributed by atoms with Gasteiger partial charge < -0.3 is 9.30 Å². The van der Waals surface area contributed by atoms with Crippen LogP contribution in [-0.4, -0.2) is 22.8 Å². The minimum absolute atomic E-state index is 0.154. The molecule has 1 aliphatic carbocycles. The third kappa shape index (κ3) is 3.19. The molecule has 1 aromatic carbocycles. The SMILES string of the molecule is CC(Cl)c1nc2c(F)cc(F)cc2n1CCOCC1CC1. The van der Waals surface area contributed by atoms with Crippen LogP contribution in [0.4, 0.5) is 8.78 Å². The Bertz CT molecular complexity index is 653. The van der Waals surface area contributed by atoms with E-state index >= 15 is 0 Å². The number of hydrogen-bond acceptors (Lipinski definition) is 2. The zero-order valence-corrected chi connectivity index (χ0v) is 12.5. The van der Waals surface area contributed by atoms with Gasteiger partial charge >= 0.3 is 0 Å². The van der Waals surface area contributed by atoms with E-state index in [4.69, 9.17) is 16.3 Å². The van der Waals surface area contributed by atoms with Crippen LogP contribution in [0.25, 0.3) is 11.0 Å². The van der Waals surface area contributed by atoms with Crippen molar-refractivity contribution in [1.82, 2.24) is 9.55 Å². The molecule has 0 bridgehead atoms. The Kier molecular flexibility index (Phi) is 4.13. The van der Waals surface area contributed by atoms with Crippen molar-refractivity contribution in [2.45, 2.75) is 31.7 Å². The van der Waals surface area contributed by atoms with Gasteiger partial charge in [0.2, 0.25) is 0 Å². The normalized spacial score (nSPS) is 16.6. The molecule has 3 rings (SSSR count). The lowest BCUT2D eigenvalue weighted by atomic mass is 10.3. The van der Waals surface area contributed by atoms with E-state index in [-0.39, 0.29) is 10.9 Å². The van der Waals surface area contributed by atoms with Gasteiger partial charge in [-0.2, -0.15) is 0 Å². The molecule has 1 fully saturated rings. The summed E-state index contributed by atoms with van der Waals surface area (Å²) < 4.78 is 34.6. The van der Waals surface area contributed by atoms with Crippen LogP contribution in [0.15, 0.2) is 12.1 Å². The summed E-state index contributed by atoms with van der Waals surface area (Å²) in [6.45, 7) is 3.48. The van der Waals surface area contributed by atoms with Crippen LogP contribution in [-0.2, 0) is 11.3 Å². The maximum Gasteiger partial charge on any atom is 0.153 e. The zero-order valence-electron chi connectivity index (χ0n) is 11.8. The fraction of sp³-hybridized carbons (Fsp3) is 0.533. The van der Waals surface area contributed by atoms with Gasteiger partial charge in [0.15, 0.2) is 5.82 Å². The zero-order chi connectivity index (χ0) is 15.0. The molecule has 0 saturated heterocycles.